The van der Waals surface area contributed by atoms with Gasteiger partial charge in [-0.3, -0.25) is 0 Å². The molecule has 148 valence electrons. The van der Waals surface area contributed by atoms with Crippen LogP contribution in [0, 0.1) is 0 Å². The van der Waals surface area contributed by atoms with E-state index in [1.54, 1.807) is 0 Å². The van der Waals surface area contributed by atoms with E-state index < -0.39 is 11.6 Å². The van der Waals surface area contributed by atoms with Crippen molar-refractivity contribution in [1.82, 2.24) is 0 Å². The van der Waals surface area contributed by atoms with Crippen LogP contribution in [0.3, 0.4) is 0 Å². The van der Waals surface area contributed by atoms with Crippen molar-refractivity contribution in [2.24, 2.45) is 0 Å². The summed E-state index contributed by atoms with van der Waals surface area (Å²) in [5.74, 6) is -1.42. The molecule has 8 atom stereocenters. The van der Waals surface area contributed by atoms with Gasteiger partial charge < -0.3 is 37.9 Å². The molecular weight excluding hydrogens is 344 g/mol. The second-order valence-corrected chi connectivity index (χ2v) is 8.64. The normalized spacial score (nSPS) is 50.3. The van der Waals surface area contributed by atoms with Gasteiger partial charge in [0.15, 0.2) is 11.6 Å². The van der Waals surface area contributed by atoms with Gasteiger partial charge in [-0.2, -0.15) is 0 Å². The second-order valence-electron chi connectivity index (χ2n) is 8.64. The Hall–Kier alpha value is -0.320. The van der Waals surface area contributed by atoms with E-state index in [0.717, 1.165) is 13.2 Å². The molecule has 0 bridgehead atoms. The molecule has 0 spiro atoms. The number of ether oxygens (including phenoxy) is 8. The molecule has 0 aromatic heterocycles. The van der Waals surface area contributed by atoms with E-state index in [2.05, 4.69) is 0 Å². The highest BCUT2D eigenvalue weighted by molar-refractivity contribution is 5.09. The summed E-state index contributed by atoms with van der Waals surface area (Å²) in [4.78, 5) is 0. The first-order valence-corrected chi connectivity index (χ1v) is 9.49. The summed E-state index contributed by atoms with van der Waals surface area (Å²) in [6.07, 6.45) is -1.40. The summed E-state index contributed by atoms with van der Waals surface area (Å²) >= 11 is 0. The maximum Gasteiger partial charge on any atom is 0.164 e. The lowest BCUT2D eigenvalue weighted by molar-refractivity contribution is -0.189. The van der Waals surface area contributed by atoms with E-state index in [0.29, 0.717) is 13.2 Å². The fourth-order valence-corrected chi connectivity index (χ4v) is 4.17. The zero-order chi connectivity index (χ0) is 18.1. The number of rotatable bonds is 6. The van der Waals surface area contributed by atoms with E-state index in [9.17, 15) is 0 Å². The van der Waals surface area contributed by atoms with Gasteiger partial charge in [0.1, 0.15) is 48.8 Å². The highest BCUT2D eigenvalue weighted by atomic mass is 16.8. The molecule has 1 saturated carbocycles. The number of epoxide rings is 2. The molecule has 4 heterocycles. The summed E-state index contributed by atoms with van der Waals surface area (Å²) in [5.41, 5.74) is 0. The minimum atomic E-state index is -0.709. The minimum Gasteiger partial charge on any atom is -0.371 e. The standard InChI is InChI=1S/C18H28O8/c1-17(2)23-13-11(21-7-9-5-19-9)15-16(26-18(3,4)25-15)12(14(13)24-17)22-8-10-6-20-10/h9-16H,5-8H2,1-4H3/t9?,10?,11-,12-,13-,14+,15+,16?/m1/s1. The molecule has 0 amide bonds. The second kappa shape index (κ2) is 6.09. The molecule has 8 nitrogen and oxygen atoms in total. The average molecular weight is 372 g/mol. The summed E-state index contributed by atoms with van der Waals surface area (Å²) in [6, 6.07) is 0. The molecular formula is C18H28O8. The van der Waals surface area contributed by atoms with Crippen molar-refractivity contribution in [2.75, 3.05) is 26.4 Å². The molecule has 8 heteroatoms. The van der Waals surface area contributed by atoms with E-state index in [1.165, 1.54) is 0 Å². The van der Waals surface area contributed by atoms with Gasteiger partial charge in [0.2, 0.25) is 0 Å². The highest BCUT2D eigenvalue weighted by Crippen LogP contribution is 2.46. The van der Waals surface area contributed by atoms with Gasteiger partial charge in [0.25, 0.3) is 0 Å². The van der Waals surface area contributed by atoms with Gasteiger partial charge >= 0.3 is 0 Å². The van der Waals surface area contributed by atoms with Gasteiger partial charge in [0.05, 0.1) is 26.4 Å². The summed E-state index contributed by atoms with van der Waals surface area (Å²) < 4.78 is 47.8. The summed E-state index contributed by atoms with van der Waals surface area (Å²) in [6.45, 7) is 10.2. The predicted octanol–water partition coefficient (Wildman–Crippen LogP) is 0.608. The Bertz CT molecular complexity index is 467. The van der Waals surface area contributed by atoms with Crippen LogP contribution in [0.5, 0.6) is 0 Å². The molecule has 5 fully saturated rings. The third kappa shape index (κ3) is 3.42. The fourth-order valence-electron chi connectivity index (χ4n) is 4.17. The molecule has 26 heavy (non-hydrogen) atoms. The van der Waals surface area contributed by atoms with Gasteiger partial charge in [-0.1, -0.05) is 0 Å². The molecule has 1 aliphatic carbocycles. The minimum absolute atomic E-state index is 0.165. The maximum absolute atomic E-state index is 6.21. The molecule has 4 saturated heterocycles. The smallest absolute Gasteiger partial charge is 0.164 e. The fraction of sp³-hybridized carbons (Fsp3) is 1.00. The monoisotopic (exact) mass is 372 g/mol. The van der Waals surface area contributed by atoms with Crippen LogP contribution in [0.15, 0.2) is 0 Å². The highest BCUT2D eigenvalue weighted by Gasteiger charge is 2.64. The van der Waals surface area contributed by atoms with E-state index in [4.69, 9.17) is 37.9 Å². The first-order valence-electron chi connectivity index (χ1n) is 9.49. The number of fused-ring (bicyclic) bond motifs is 2. The molecule has 0 aromatic carbocycles. The van der Waals surface area contributed by atoms with E-state index in [1.807, 2.05) is 27.7 Å². The molecule has 0 aromatic rings. The van der Waals surface area contributed by atoms with Crippen molar-refractivity contribution in [3.05, 3.63) is 0 Å². The Morgan fingerprint density at radius 2 is 0.962 bits per heavy atom. The van der Waals surface area contributed by atoms with Crippen molar-refractivity contribution >= 4 is 0 Å². The van der Waals surface area contributed by atoms with E-state index in [-0.39, 0.29) is 48.8 Å². The van der Waals surface area contributed by atoms with Crippen molar-refractivity contribution in [2.45, 2.75) is 88.1 Å². The topological polar surface area (TPSA) is 80.4 Å². The Labute approximate surface area is 153 Å². The van der Waals surface area contributed by atoms with Crippen LogP contribution in [-0.2, 0) is 37.9 Å². The zero-order valence-electron chi connectivity index (χ0n) is 15.7. The SMILES string of the molecule is CC1(C)O[C@@H]2[C@@H](OCC3CO3)[C@@H]3OC(C)(C)OC3[C@H](OCC3CO3)[C@@H]2O1. The van der Waals surface area contributed by atoms with Gasteiger partial charge in [-0.25, -0.2) is 0 Å². The molecule has 0 N–H and O–H groups in total. The van der Waals surface area contributed by atoms with Crippen molar-refractivity contribution in [3.63, 3.8) is 0 Å². The molecule has 3 unspecified atom stereocenters. The Morgan fingerprint density at radius 3 is 1.23 bits per heavy atom. The number of hydrogen-bond donors (Lipinski definition) is 0. The predicted molar refractivity (Wildman–Crippen MR) is 86.6 cm³/mol. The third-order valence-corrected chi connectivity index (χ3v) is 5.38. The van der Waals surface area contributed by atoms with Gasteiger partial charge in [-0.15, -0.1) is 0 Å². The van der Waals surface area contributed by atoms with Crippen molar-refractivity contribution < 1.29 is 37.9 Å². The number of hydrogen-bond acceptors (Lipinski definition) is 8. The Balaban J connectivity index is 1.40. The van der Waals surface area contributed by atoms with Crippen molar-refractivity contribution in [3.8, 4) is 0 Å². The summed E-state index contributed by atoms with van der Waals surface area (Å²) in [7, 11) is 0. The molecule has 0 radical (unpaired) electrons. The van der Waals surface area contributed by atoms with Crippen molar-refractivity contribution in [1.29, 1.82) is 0 Å². The quantitative estimate of drug-likeness (QED) is 0.628. The lowest BCUT2D eigenvalue weighted by atomic mass is 9.84. The van der Waals surface area contributed by atoms with Gasteiger partial charge in [0, 0.05) is 0 Å². The molecule has 4 aliphatic heterocycles. The third-order valence-electron chi connectivity index (χ3n) is 5.38. The largest absolute Gasteiger partial charge is 0.371 e. The molecule has 5 aliphatic rings. The average Bonchev–Trinajstić information content (AvgIpc) is 3.44. The van der Waals surface area contributed by atoms with Crippen LogP contribution < -0.4 is 0 Å². The molecule has 5 rings (SSSR count). The van der Waals surface area contributed by atoms with Crippen LogP contribution in [0.2, 0.25) is 0 Å². The summed E-state index contributed by atoms with van der Waals surface area (Å²) in [5, 5.41) is 0. The lowest BCUT2D eigenvalue weighted by Gasteiger charge is -2.42. The first kappa shape index (κ1) is 17.8. The lowest BCUT2D eigenvalue weighted by Crippen LogP contribution is -2.63. The zero-order valence-corrected chi connectivity index (χ0v) is 15.7. The van der Waals surface area contributed by atoms with Crippen LogP contribution in [0.4, 0.5) is 0 Å². The van der Waals surface area contributed by atoms with E-state index >= 15 is 0 Å². The van der Waals surface area contributed by atoms with Crippen LogP contribution >= 0.6 is 0 Å². The van der Waals surface area contributed by atoms with Crippen LogP contribution in [0.25, 0.3) is 0 Å². The Kier molecular flexibility index (Phi) is 4.16. The first-order chi connectivity index (χ1) is 12.3. The van der Waals surface area contributed by atoms with Crippen LogP contribution in [0.1, 0.15) is 27.7 Å². The Morgan fingerprint density at radius 1 is 0.654 bits per heavy atom. The maximum atomic E-state index is 6.21. The van der Waals surface area contributed by atoms with Gasteiger partial charge in [-0.05, 0) is 27.7 Å². The van der Waals surface area contributed by atoms with Crippen LogP contribution in [-0.4, -0.2) is 86.8 Å².